The van der Waals surface area contributed by atoms with E-state index in [1.165, 1.54) is 0 Å². The molecule has 1 unspecified atom stereocenters. The van der Waals surface area contributed by atoms with Gasteiger partial charge in [-0.05, 0) is 25.1 Å². The van der Waals surface area contributed by atoms with Crippen molar-refractivity contribution in [2.24, 2.45) is 0 Å². The number of hydrogen-bond acceptors (Lipinski definition) is 3. The van der Waals surface area contributed by atoms with Gasteiger partial charge in [-0.2, -0.15) is 0 Å². The van der Waals surface area contributed by atoms with Gasteiger partial charge in [0, 0.05) is 11.1 Å². The fourth-order valence-corrected chi connectivity index (χ4v) is 1.99. The number of methoxy groups -OCH3 is 1. The number of rotatable bonds is 4. The van der Waals surface area contributed by atoms with Crippen LogP contribution in [0.5, 0.6) is 5.75 Å². The van der Waals surface area contributed by atoms with Crippen LogP contribution in [-0.2, 0) is 4.79 Å². The Balaban J connectivity index is 2.48. The first-order valence-electron chi connectivity index (χ1n) is 5.89. The van der Waals surface area contributed by atoms with Crippen LogP contribution in [0.2, 0.25) is 0 Å². The summed E-state index contributed by atoms with van der Waals surface area (Å²) >= 11 is 0. The van der Waals surface area contributed by atoms with Gasteiger partial charge in [0.2, 0.25) is 0 Å². The van der Waals surface area contributed by atoms with E-state index < -0.39 is 11.9 Å². The summed E-state index contributed by atoms with van der Waals surface area (Å²) in [5.41, 5.74) is 8.02. The van der Waals surface area contributed by atoms with E-state index >= 15 is 0 Å². The zero-order valence-electron chi connectivity index (χ0n) is 10.8. The fraction of sp³-hybridized carbons (Fsp3) is 0.214. The minimum absolute atomic E-state index is 0.371. The van der Waals surface area contributed by atoms with Crippen LogP contribution in [0.4, 0.5) is 5.82 Å². The van der Waals surface area contributed by atoms with Gasteiger partial charge in [0.1, 0.15) is 11.6 Å². The van der Waals surface area contributed by atoms with Crippen LogP contribution in [0, 0.1) is 0 Å². The number of ether oxygens (including phenoxy) is 1. The highest BCUT2D eigenvalue weighted by Gasteiger charge is 2.20. The molecule has 1 aromatic carbocycles. The topological polar surface area (TPSA) is 88.3 Å². The quantitative estimate of drug-likeness (QED) is 0.787. The Labute approximate surface area is 111 Å². The van der Waals surface area contributed by atoms with E-state index in [9.17, 15) is 4.79 Å². The summed E-state index contributed by atoms with van der Waals surface area (Å²) in [6.07, 6.45) is 0. The molecule has 2 aromatic rings. The Bertz CT molecular complexity index is 604. The first-order chi connectivity index (χ1) is 9.04. The van der Waals surface area contributed by atoms with Crippen LogP contribution in [0.15, 0.2) is 30.3 Å². The normalized spacial score (nSPS) is 12.1. The number of anilines is 1. The second kappa shape index (κ2) is 5.06. The summed E-state index contributed by atoms with van der Waals surface area (Å²) in [5.74, 6) is -0.480. The fourth-order valence-electron chi connectivity index (χ4n) is 1.99. The molecule has 1 heterocycles. The van der Waals surface area contributed by atoms with Crippen molar-refractivity contribution >= 4 is 11.8 Å². The zero-order valence-corrected chi connectivity index (χ0v) is 10.8. The number of carboxylic acid groups (broad SMARTS) is 1. The Morgan fingerprint density at radius 2 is 2.11 bits per heavy atom. The summed E-state index contributed by atoms with van der Waals surface area (Å²) in [5, 5.41) is 9.05. The Morgan fingerprint density at radius 1 is 1.42 bits per heavy atom. The summed E-state index contributed by atoms with van der Waals surface area (Å²) < 4.78 is 5.28. The number of aliphatic carboxylic acids is 1. The van der Waals surface area contributed by atoms with E-state index in [1.54, 1.807) is 20.1 Å². The molecule has 0 aliphatic carbocycles. The molecule has 0 amide bonds. The predicted octanol–water partition coefficient (Wildman–Crippen LogP) is 2.46. The van der Waals surface area contributed by atoms with Gasteiger partial charge < -0.3 is 20.6 Å². The molecular formula is C14H16N2O3. The second-order valence-corrected chi connectivity index (χ2v) is 4.31. The maximum Gasteiger partial charge on any atom is 0.310 e. The third kappa shape index (κ3) is 2.40. The number of nitrogens with one attached hydrogen (secondary N) is 1. The van der Waals surface area contributed by atoms with Gasteiger partial charge in [-0.3, -0.25) is 4.79 Å². The number of aromatic amines is 1. The third-order valence-electron chi connectivity index (χ3n) is 3.11. The van der Waals surface area contributed by atoms with E-state index in [0.717, 1.165) is 11.3 Å². The van der Waals surface area contributed by atoms with Crippen LogP contribution >= 0.6 is 0 Å². The largest absolute Gasteiger partial charge is 0.496 e. The molecule has 0 fully saturated rings. The Kier molecular flexibility index (Phi) is 3.46. The van der Waals surface area contributed by atoms with E-state index in [0.29, 0.717) is 17.1 Å². The minimum Gasteiger partial charge on any atom is -0.496 e. The van der Waals surface area contributed by atoms with Gasteiger partial charge >= 0.3 is 5.97 Å². The number of nitrogens with two attached hydrogens (primary N) is 1. The molecular weight excluding hydrogens is 244 g/mol. The van der Waals surface area contributed by atoms with Gasteiger partial charge in [-0.1, -0.05) is 12.1 Å². The molecule has 5 heteroatoms. The van der Waals surface area contributed by atoms with Gasteiger partial charge in [0.05, 0.1) is 18.7 Å². The number of aromatic nitrogens is 1. The summed E-state index contributed by atoms with van der Waals surface area (Å²) in [7, 11) is 1.59. The summed E-state index contributed by atoms with van der Waals surface area (Å²) in [4.78, 5) is 14.0. The van der Waals surface area contributed by atoms with Gasteiger partial charge in [-0.15, -0.1) is 0 Å². The number of H-pyrrole nitrogens is 1. The lowest BCUT2D eigenvalue weighted by atomic mass is 10.0. The van der Waals surface area contributed by atoms with Crippen molar-refractivity contribution < 1.29 is 14.6 Å². The average Bonchev–Trinajstić information content (AvgIpc) is 2.79. The highest BCUT2D eigenvalue weighted by Crippen LogP contribution is 2.33. The number of carboxylic acids is 1. The summed E-state index contributed by atoms with van der Waals surface area (Å²) in [6.45, 7) is 1.61. The lowest BCUT2D eigenvalue weighted by Crippen LogP contribution is -2.08. The van der Waals surface area contributed by atoms with Crippen LogP contribution < -0.4 is 10.5 Å². The van der Waals surface area contributed by atoms with E-state index in [4.69, 9.17) is 15.6 Å². The maximum atomic E-state index is 11.0. The molecule has 2 rings (SSSR count). The molecule has 1 atom stereocenters. The second-order valence-electron chi connectivity index (χ2n) is 4.31. The minimum atomic E-state index is -0.905. The lowest BCUT2D eigenvalue weighted by molar-refractivity contribution is -0.138. The Morgan fingerprint density at radius 3 is 2.74 bits per heavy atom. The first kappa shape index (κ1) is 13.0. The number of benzene rings is 1. The molecule has 19 heavy (non-hydrogen) atoms. The first-order valence-corrected chi connectivity index (χ1v) is 5.89. The van der Waals surface area contributed by atoms with Crippen molar-refractivity contribution in [2.45, 2.75) is 12.8 Å². The van der Waals surface area contributed by atoms with Crippen molar-refractivity contribution in [1.82, 2.24) is 4.98 Å². The van der Waals surface area contributed by atoms with Crippen molar-refractivity contribution in [3.63, 3.8) is 0 Å². The molecule has 0 bridgehead atoms. The van der Waals surface area contributed by atoms with Crippen molar-refractivity contribution in [1.29, 1.82) is 0 Å². The van der Waals surface area contributed by atoms with Crippen LogP contribution in [0.25, 0.3) is 11.3 Å². The van der Waals surface area contributed by atoms with Crippen LogP contribution in [0.1, 0.15) is 18.4 Å². The highest BCUT2D eigenvalue weighted by molar-refractivity contribution is 5.80. The molecule has 0 aliphatic heterocycles. The molecule has 100 valence electrons. The van der Waals surface area contributed by atoms with Gasteiger partial charge in [0.15, 0.2) is 0 Å². The molecule has 4 N–H and O–H groups in total. The molecule has 0 spiro atoms. The molecule has 0 aliphatic rings. The van der Waals surface area contributed by atoms with E-state index in [1.807, 2.05) is 24.3 Å². The molecule has 5 nitrogen and oxygen atoms in total. The monoisotopic (exact) mass is 260 g/mol. The molecule has 0 saturated heterocycles. The van der Waals surface area contributed by atoms with E-state index in [2.05, 4.69) is 4.98 Å². The predicted molar refractivity (Wildman–Crippen MR) is 73.2 cm³/mol. The number of carbonyl (C=O) groups is 1. The number of hydrogen-bond donors (Lipinski definition) is 3. The number of para-hydroxylation sites is 1. The molecule has 0 saturated carbocycles. The lowest BCUT2D eigenvalue weighted by Gasteiger charge is -2.05. The molecule has 0 radical (unpaired) electrons. The third-order valence-corrected chi connectivity index (χ3v) is 3.11. The molecule has 1 aromatic heterocycles. The average molecular weight is 260 g/mol. The van der Waals surface area contributed by atoms with Crippen molar-refractivity contribution in [2.75, 3.05) is 12.8 Å². The standard InChI is InChI=1S/C14H16N2O3/c1-8(14(17)18)10-7-11(16-13(10)15)9-5-3-4-6-12(9)19-2/h3-8,16H,15H2,1-2H3,(H,17,18). The van der Waals surface area contributed by atoms with E-state index in [-0.39, 0.29) is 0 Å². The van der Waals surface area contributed by atoms with Gasteiger partial charge in [0.25, 0.3) is 0 Å². The Hall–Kier alpha value is -2.43. The smallest absolute Gasteiger partial charge is 0.310 e. The van der Waals surface area contributed by atoms with Gasteiger partial charge in [-0.25, -0.2) is 0 Å². The zero-order chi connectivity index (χ0) is 14.0. The van der Waals surface area contributed by atoms with Crippen molar-refractivity contribution in [3.05, 3.63) is 35.9 Å². The van der Waals surface area contributed by atoms with Crippen molar-refractivity contribution in [3.8, 4) is 17.0 Å². The maximum absolute atomic E-state index is 11.0. The number of nitrogen functional groups attached to an aromatic ring is 1. The van der Waals surface area contributed by atoms with Crippen LogP contribution in [0.3, 0.4) is 0 Å². The SMILES string of the molecule is COc1ccccc1-c1cc(C(C)C(=O)O)c(N)[nH]1. The van der Waals surface area contributed by atoms with Crippen LogP contribution in [-0.4, -0.2) is 23.2 Å². The summed E-state index contributed by atoms with van der Waals surface area (Å²) in [6, 6.07) is 9.24. The highest BCUT2D eigenvalue weighted by atomic mass is 16.5.